The highest BCUT2D eigenvalue weighted by Gasteiger charge is 2.40. The molecule has 3 atom stereocenters. The Morgan fingerprint density at radius 2 is 2.45 bits per heavy atom. The molecular formula is C14H21N3O2S. The number of aromatic nitrogens is 1. The number of carbonyl (C=O) groups excluding carboxylic acids is 1. The van der Waals surface area contributed by atoms with E-state index in [4.69, 9.17) is 4.74 Å². The van der Waals surface area contributed by atoms with Crippen molar-refractivity contribution in [2.75, 3.05) is 11.4 Å². The number of anilines is 1. The molecule has 6 heteroatoms. The lowest BCUT2D eigenvalue weighted by Gasteiger charge is -2.19. The average molecular weight is 295 g/mol. The van der Waals surface area contributed by atoms with Gasteiger partial charge in [0.05, 0.1) is 17.9 Å². The lowest BCUT2D eigenvalue weighted by atomic mass is 9.95. The van der Waals surface area contributed by atoms with Crippen LogP contribution in [0.3, 0.4) is 0 Å². The summed E-state index contributed by atoms with van der Waals surface area (Å²) in [7, 11) is 0. The molecule has 2 fully saturated rings. The molecule has 0 spiro atoms. The highest BCUT2D eigenvalue weighted by Crippen LogP contribution is 2.34. The van der Waals surface area contributed by atoms with Gasteiger partial charge in [-0.15, -0.1) is 11.3 Å². The predicted molar refractivity (Wildman–Crippen MR) is 79.0 cm³/mol. The van der Waals surface area contributed by atoms with Gasteiger partial charge in [0.1, 0.15) is 0 Å². The summed E-state index contributed by atoms with van der Waals surface area (Å²) in [6.45, 7) is 4.96. The highest BCUT2D eigenvalue weighted by atomic mass is 32.1. The van der Waals surface area contributed by atoms with Gasteiger partial charge in [0.15, 0.2) is 5.13 Å². The molecule has 1 aromatic rings. The van der Waals surface area contributed by atoms with Crippen LogP contribution >= 0.6 is 11.3 Å². The quantitative estimate of drug-likeness (QED) is 0.902. The molecule has 110 valence electrons. The Balaban J connectivity index is 1.56. The van der Waals surface area contributed by atoms with Crippen molar-refractivity contribution in [3.05, 3.63) is 11.1 Å². The number of nitrogens with one attached hydrogen (secondary N) is 1. The second-order valence-corrected chi connectivity index (χ2v) is 6.32. The van der Waals surface area contributed by atoms with Gasteiger partial charge in [0.2, 0.25) is 5.91 Å². The number of amides is 1. The Hall–Kier alpha value is -0.980. The Bertz CT molecular complexity index is 491. The zero-order valence-electron chi connectivity index (χ0n) is 12.0. The van der Waals surface area contributed by atoms with Gasteiger partial charge in [0.25, 0.3) is 0 Å². The van der Waals surface area contributed by atoms with Crippen molar-refractivity contribution in [1.82, 2.24) is 10.3 Å². The fourth-order valence-electron chi connectivity index (χ4n) is 3.08. The summed E-state index contributed by atoms with van der Waals surface area (Å²) in [6, 6.07) is 0.467. The number of fused-ring (bicyclic) bond motifs is 2. The van der Waals surface area contributed by atoms with Crippen LogP contribution in [0.4, 0.5) is 5.13 Å². The van der Waals surface area contributed by atoms with Crippen LogP contribution in [0, 0.1) is 0 Å². The summed E-state index contributed by atoms with van der Waals surface area (Å²) < 4.78 is 5.83. The molecule has 1 amide bonds. The van der Waals surface area contributed by atoms with E-state index in [-0.39, 0.29) is 5.91 Å². The summed E-state index contributed by atoms with van der Waals surface area (Å²) in [5, 5.41) is 6.37. The number of carbonyl (C=O) groups is 1. The van der Waals surface area contributed by atoms with E-state index >= 15 is 0 Å². The smallest absolute Gasteiger partial charge is 0.225 e. The van der Waals surface area contributed by atoms with Crippen molar-refractivity contribution in [2.45, 2.75) is 57.9 Å². The number of hydrogen-bond acceptors (Lipinski definition) is 5. The fourth-order valence-corrected chi connectivity index (χ4v) is 4.01. The molecule has 2 aliphatic heterocycles. The number of nitrogens with zero attached hydrogens (tertiary/aromatic N) is 2. The van der Waals surface area contributed by atoms with Gasteiger partial charge in [0, 0.05) is 31.4 Å². The minimum absolute atomic E-state index is 0.0443. The van der Waals surface area contributed by atoms with Crippen LogP contribution in [0.2, 0.25) is 0 Å². The van der Waals surface area contributed by atoms with Crippen molar-refractivity contribution < 1.29 is 9.53 Å². The molecule has 1 aromatic heterocycles. The number of thiazole rings is 1. The summed E-state index contributed by atoms with van der Waals surface area (Å²) in [6.07, 6.45) is 4.38. The molecule has 0 aliphatic carbocycles. The van der Waals surface area contributed by atoms with E-state index in [1.54, 1.807) is 11.8 Å². The molecule has 3 rings (SSSR count). The van der Waals surface area contributed by atoms with Crippen molar-refractivity contribution in [3.8, 4) is 0 Å². The van der Waals surface area contributed by atoms with Gasteiger partial charge >= 0.3 is 0 Å². The summed E-state index contributed by atoms with van der Waals surface area (Å²) >= 11 is 1.53. The Morgan fingerprint density at radius 3 is 3.05 bits per heavy atom. The lowest BCUT2D eigenvalue weighted by molar-refractivity contribution is -0.116. The largest absolute Gasteiger partial charge is 0.373 e. The van der Waals surface area contributed by atoms with Crippen molar-refractivity contribution in [2.24, 2.45) is 0 Å². The van der Waals surface area contributed by atoms with E-state index in [0.29, 0.717) is 24.8 Å². The molecule has 2 aliphatic rings. The third kappa shape index (κ3) is 2.73. The fraction of sp³-hybridized carbons (Fsp3) is 0.714. The van der Waals surface area contributed by atoms with Gasteiger partial charge in [-0.05, 0) is 26.2 Å². The zero-order valence-corrected chi connectivity index (χ0v) is 12.8. The van der Waals surface area contributed by atoms with Crippen LogP contribution < -0.4 is 10.2 Å². The first-order valence-electron chi connectivity index (χ1n) is 7.28. The topological polar surface area (TPSA) is 54.5 Å². The number of rotatable bonds is 5. The van der Waals surface area contributed by atoms with Gasteiger partial charge in [-0.25, -0.2) is 4.98 Å². The Kier molecular flexibility index (Phi) is 4.05. The van der Waals surface area contributed by atoms with E-state index in [9.17, 15) is 4.79 Å². The number of ether oxygens (including phenoxy) is 1. The molecule has 20 heavy (non-hydrogen) atoms. The zero-order chi connectivity index (χ0) is 14.1. The van der Waals surface area contributed by atoms with E-state index < -0.39 is 0 Å². The second kappa shape index (κ2) is 5.79. The van der Waals surface area contributed by atoms with Gasteiger partial charge in [-0.2, -0.15) is 0 Å². The van der Waals surface area contributed by atoms with Crippen LogP contribution in [-0.4, -0.2) is 35.7 Å². The van der Waals surface area contributed by atoms with Crippen molar-refractivity contribution in [3.63, 3.8) is 0 Å². The van der Waals surface area contributed by atoms with Gasteiger partial charge in [-0.3, -0.25) is 9.69 Å². The van der Waals surface area contributed by atoms with Crippen LogP contribution in [0.25, 0.3) is 0 Å². The maximum absolute atomic E-state index is 11.5. The van der Waals surface area contributed by atoms with Crippen molar-refractivity contribution in [1.29, 1.82) is 0 Å². The standard InChI is InChI=1S/C14H21N3O2S/c1-3-17(9(2)18)14-16-10(8-20-14)7-15-12-6-11-4-5-13(12)19-11/h8,11-13,15H,3-7H2,1-2H3/t11-,12-,13-/m1/s1. The van der Waals surface area contributed by atoms with E-state index in [0.717, 1.165) is 23.8 Å². The highest BCUT2D eigenvalue weighted by molar-refractivity contribution is 7.14. The number of hydrogen-bond donors (Lipinski definition) is 1. The van der Waals surface area contributed by atoms with Crippen LogP contribution in [0.1, 0.15) is 38.8 Å². The van der Waals surface area contributed by atoms with Gasteiger partial charge < -0.3 is 10.1 Å². The first-order valence-corrected chi connectivity index (χ1v) is 8.16. The maximum atomic E-state index is 11.5. The van der Waals surface area contributed by atoms with E-state index in [1.165, 1.54) is 24.2 Å². The molecule has 2 saturated heterocycles. The Morgan fingerprint density at radius 1 is 1.60 bits per heavy atom. The SMILES string of the molecule is CCN(C(C)=O)c1nc(CN[C@@H]2C[C@H]3CC[C@H]2O3)cs1. The minimum Gasteiger partial charge on any atom is -0.373 e. The first kappa shape index (κ1) is 14.0. The molecule has 0 saturated carbocycles. The molecular weight excluding hydrogens is 274 g/mol. The third-order valence-corrected chi connectivity index (χ3v) is 5.03. The van der Waals surface area contributed by atoms with Crippen LogP contribution in [0.15, 0.2) is 5.38 Å². The van der Waals surface area contributed by atoms with Gasteiger partial charge in [-0.1, -0.05) is 0 Å². The Labute approximate surface area is 123 Å². The minimum atomic E-state index is 0.0443. The maximum Gasteiger partial charge on any atom is 0.225 e. The molecule has 5 nitrogen and oxygen atoms in total. The monoisotopic (exact) mass is 295 g/mol. The van der Waals surface area contributed by atoms with E-state index in [2.05, 4.69) is 10.3 Å². The normalized spacial score (nSPS) is 28.0. The van der Waals surface area contributed by atoms with Crippen LogP contribution in [0.5, 0.6) is 0 Å². The summed E-state index contributed by atoms with van der Waals surface area (Å²) in [5.74, 6) is 0.0443. The summed E-state index contributed by atoms with van der Waals surface area (Å²) in [5.41, 5.74) is 1.01. The van der Waals surface area contributed by atoms with Crippen LogP contribution in [-0.2, 0) is 16.1 Å². The third-order valence-electron chi connectivity index (χ3n) is 4.12. The molecule has 3 heterocycles. The second-order valence-electron chi connectivity index (χ2n) is 5.48. The summed E-state index contributed by atoms with van der Waals surface area (Å²) in [4.78, 5) is 17.7. The van der Waals surface area contributed by atoms with Crippen molar-refractivity contribution >= 4 is 22.4 Å². The predicted octanol–water partition coefficient (Wildman–Crippen LogP) is 1.93. The molecule has 2 bridgehead atoms. The molecule has 0 unspecified atom stereocenters. The lowest BCUT2D eigenvalue weighted by Crippen LogP contribution is -2.37. The first-order chi connectivity index (χ1) is 9.67. The average Bonchev–Trinajstić information content (AvgIpc) is 3.13. The molecule has 1 N–H and O–H groups in total. The van der Waals surface area contributed by atoms with E-state index in [1.807, 2.05) is 12.3 Å². The molecule has 0 radical (unpaired) electrons. The molecule has 0 aromatic carbocycles.